The predicted octanol–water partition coefficient (Wildman–Crippen LogP) is 2.37. The number of likely N-dealkylation sites (N-methyl/N-ethyl adjacent to an activating group) is 1. The Bertz CT molecular complexity index is 1090. The first kappa shape index (κ1) is 27.5. The minimum Gasteiger partial charge on any atom is -0.364 e. The van der Waals surface area contributed by atoms with Crippen LogP contribution in [0.25, 0.3) is 0 Å². The lowest BCUT2D eigenvalue weighted by Crippen LogP contribution is -2.46. The number of halogens is 1. The number of hydrazine groups is 2. The van der Waals surface area contributed by atoms with Gasteiger partial charge in [-0.05, 0) is 74.8 Å². The molecule has 3 atom stereocenters. The highest BCUT2D eigenvalue weighted by atomic mass is 19.1. The lowest BCUT2D eigenvalue weighted by molar-refractivity contribution is -0.00251. The van der Waals surface area contributed by atoms with Crippen LogP contribution in [0.3, 0.4) is 0 Å². The average Bonchev–Trinajstić information content (AvgIpc) is 3.51. The molecule has 0 unspecified atom stereocenters. The van der Waals surface area contributed by atoms with Crippen molar-refractivity contribution in [2.45, 2.75) is 37.3 Å². The number of anilines is 1. The van der Waals surface area contributed by atoms with Gasteiger partial charge < -0.3 is 25.7 Å². The van der Waals surface area contributed by atoms with Gasteiger partial charge in [0.1, 0.15) is 5.82 Å². The number of carbonyl (C=O) groups is 1. The van der Waals surface area contributed by atoms with Gasteiger partial charge in [-0.3, -0.25) is 14.7 Å². The monoisotopic (exact) mass is 537 g/mol. The summed E-state index contributed by atoms with van der Waals surface area (Å²) in [5.41, 5.74) is 8.64. The Morgan fingerprint density at radius 2 is 1.87 bits per heavy atom. The normalized spacial score (nSPS) is 22.1. The van der Waals surface area contributed by atoms with E-state index in [1.54, 1.807) is 6.20 Å². The second kappa shape index (κ2) is 13.4. The Hall–Kier alpha value is -3.02. The molecular weight excluding hydrogens is 497 g/mol. The Morgan fingerprint density at radius 3 is 2.59 bits per heavy atom. The van der Waals surface area contributed by atoms with Gasteiger partial charge in [0.05, 0.1) is 25.1 Å². The highest BCUT2D eigenvalue weighted by molar-refractivity contribution is 5.94. The smallest absolute Gasteiger partial charge is 0.251 e. The summed E-state index contributed by atoms with van der Waals surface area (Å²) < 4.78 is 19.3. The number of carbonyl (C=O) groups excluding carboxylic acids is 1. The van der Waals surface area contributed by atoms with Crippen LogP contribution in [-0.2, 0) is 4.74 Å². The first-order valence-corrected chi connectivity index (χ1v) is 13.9. The summed E-state index contributed by atoms with van der Waals surface area (Å²) in [6.07, 6.45) is 6.50. The van der Waals surface area contributed by atoms with Crippen molar-refractivity contribution < 1.29 is 13.9 Å². The molecule has 0 bridgehead atoms. The molecule has 1 aliphatic carbocycles. The van der Waals surface area contributed by atoms with E-state index in [2.05, 4.69) is 38.4 Å². The molecule has 0 spiro atoms. The third-order valence-corrected chi connectivity index (χ3v) is 7.65. The summed E-state index contributed by atoms with van der Waals surface area (Å²) in [5, 5.41) is 8.66. The summed E-state index contributed by atoms with van der Waals surface area (Å²) >= 11 is 0. The molecule has 2 aliphatic heterocycles. The highest BCUT2D eigenvalue weighted by Gasteiger charge is 2.37. The van der Waals surface area contributed by atoms with Crippen LogP contribution in [0.4, 0.5) is 10.1 Å². The van der Waals surface area contributed by atoms with Crippen LogP contribution in [0, 0.1) is 5.82 Å². The van der Waals surface area contributed by atoms with E-state index in [1.807, 2.05) is 47.6 Å². The van der Waals surface area contributed by atoms with Crippen molar-refractivity contribution in [1.29, 1.82) is 0 Å². The van der Waals surface area contributed by atoms with Crippen LogP contribution < -0.4 is 26.6 Å². The SMILES string of the molecule is CN1CCN(COC[C@H](CCCN[C@@H]2C[C@H]2c2ccc(F)cc2)NC(=O)c2ccc(N3C=CNN3)cc2)CC1. The molecule has 0 aromatic heterocycles. The largest absolute Gasteiger partial charge is 0.364 e. The maximum absolute atomic E-state index is 13.2. The number of ether oxygens (including phenoxy) is 1. The van der Waals surface area contributed by atoms with Crippen molar-refractivity contribution in [3.63, 3.8) is 0 Å². The molecule has 0 radical (unpaired) electrons. The standard InChI is InChI=1S/C29H40FN7O2/c1-35-15-17-36(18-16-35)21-39-20-25(3-2-12-31-28-19-27(28)22-4-8-24(30)9-5-22)33-29(38)23-6-10-26(11-7-23)37-14-13-32-34-37/h4-11,13-14,25,27-28,31-32,34H,2-3,12,15-21H2,1H3,(H,33,38)/t25-,27-,28+/m0/s1. The molecule has 4 N–H and O–H groups in total. The molecule has 210 valence electrons. The summed E-state index contributed by atoms with van der Waals surface area (Å²) in [7, 11) is 2.14. The van der Waals surface area contributed by atoms with Gasteiger partial charge >= 0.3 is 0 Å². The predicted molar refractivity (Wildman–Crippen MR) is 150 cm³/mol. The number of amides is 1. The van der Waals surface area contributed by atoms with E-state index in [9.17, 15) is 9.18 Å². The van der Waals surface area contributed by atoms with Gasteiger partial charge in [0.2, 0.25) is 0 Å². The molecule has 1 saturated heterocycles. The Labute approximate surface area is 230 Å². The Kier molecular flexibility index (Phi) is 9.44. The Morgan fingerprint density at radius 1 is 1.10 bits per heavy atom. The topological polar surface area (TPSA) is 84.1 Å². The molecule has 1 saturated carbocycles. The molecule has 5 rings (SSSR count). The van der Waals surface area contributed by atoms with Gasteiger partial charge in [-0.25, -0.2) is 4.39 Å². The lowest BCUT2D eigenvalue weighted by Gasteiger charge is -2.32. The van der Waals surface area contributed by atoms with Crippen LogP contribution >= 0.6 is 0 Å². The van der Waals surface area contributed by atoms with Gasteiger partial charge in [-0.1, -0.05) is 12.1 Å². The minimum absolute atomic E-state index is 0.0779. The van der Waals surface area contributed by atoms with Gasteiger partial charge in [-0.15, -0.1) is 5.53 Å². The maximum atomic E-state index is 13.2. The summed E-state index contributed by atoms with van der Waals surface area (Å²) in [6.45, 7) is 6.01. The molecule has 2 heterocycles. The van der Waals surface area contributed by atoms with Crippen LogP contribution in [0.2, 0.25) is 0 Å². The quantitative estimate of drug-likeness (QED) is 0.290. The molecule has 2 aromatic carbocycles. The summed E-state index contributed by atoms with van der Waals surface area (Å²) in [5.74, 6) is 0.170. The molecule has 1 amide bonds. The summed E-state index contributed by atoms with van der Waals surface area (Å²) in [6, 6.07) is 14.7. The second-order valence-corrected chi connectivity index (χ2v) is 10.7. The first-order chi connectivity index (χ1) is 19.0. The first-order valence-electron chi connectivity index (χ1n) is 13.9. The van der Waals surface area contributed by atoms with E-state index in [-0.39, 0.29) is 17.8 Å². The van der Waals surface area contributed by atoms with Gasteiger partial charge in [-0.2, -0.15) is 0 Å². The summed E-state index contributed by atoms with van der Waals surface area (Å²) in [4.78, 5) is 17.7. The molecule has 9 nitrogen and oxygen atoms in total. The van der Waals surface area contributed by atoms with Crippen molar-refractivity contribution in [1.82, 2.24) is 31.4 Å². The third-order valence-electron chi connectivity index (χ3n) is 7.65. The highest BCUT2D eigenvalue weighted by Crippen LogP contribution is 2.40. The zero-order valence-electron chi connectivity index (χ0n) is 22.6. The molecule has 2 aromatic rings. The number of rotatable bonds is 13. The second-order valence-electron chi connectivity index (χ2n) is 10.7. The fourth-order valence-electron chi connectivity index (χ4n) is 5.08. The van der Waals surface area contributed by atoms with Gasteiger partial charge in [0.15, 0.2) is 0 Å². The van der Waals surface area contributed by atoms with Crippen molar-refractivity contribution >= 4 is 11.6 Å². The molecule has 10 heteroatoms. The lowest BCUT2D eigenvalue weighted by atomic mass is 10.1. The maximum Gasteiger partial charge on any atom is 0.251 e. The molecule has 39 heavy (non-hydrogen) atoms. The Balaban J connectivity index is 1.09. The molecular formula is C29H40FN7O2. The number of piperazine rings is 1. The number of nitrogens with zero attached hydrogens (tertiary/aromatic N) is 3. The van der Waals surface area contributed by atoms with E-state index < -0.39 is 0 Å². The van der Waals surface area contributed by atoms with Crippen molar-refractivity contribution in [3.8, 4) is 0 Å². The zero-order valence-corrected chi connectivity index (χ0v) is 22.6. The third kappa shape index (κ3) is 8.00. The molecule has 3 aliphatic rings. The fraction of sp³-hybridized carbons (Fsp3) is 0.483. The van der Waals surface area contributed by atoms with E-state index in [4.69, 9.17) is 4.74 Å². The van der Waals surface area contributed by atoms with E-state index >= 15 is 0 Å². The number of hydrogen-bond acceptors (Lipinski definition) is 8. The van der Waals surface area contributed by atoms with Gasteiger partial charge in [0.25, 0.3) is 5.91 Å². The van der Waals surface area contributed by atoms with Crippen molar-refractivity contribution in [2.24, 2.45) is 0 Å². The van der Waals surface area contributed by atoms with Crippen molar-refractivity contribution in [2.75, 3.05) is 58.1 Å². The van der Waals surface area contributed by atoms with E-state index in [0.29, 0.717) is 30.9 Å². The average molecular weight is 538 g/mol. The molecule has 2 fully saturated rings. The van der Waals surface area contributed by atoms with Gasteiger partial charge in [0, 0.05) is 56.1 Å². The van der Waals surface area contributed by atoms with Crippen LogP contribution in [0.5, 0.6) is 0 Å². The number of hydrogen-bond donors (Lipinski definition) is 4. The van der Waals surface area contributed by atoms with Crippen LogP contribution in [-0.4, -0.2) is 80.9 Å². The van der Waals surface area contributed by atoms with Crippen molar-refractivity contribution in [3.05, 3.63) is 77.9 Å². The number of benzene rings is 2. The zero-order chi connectivity index (χ0) is 27.0. The number of nitrogens with one attached hydrogen (secondary N) is 4. The minimum atomic E-state index is -0.194. The van der Waals surface area contributed by atoms with E-state index in [1.165, 1.54) is 17.7 Å². The van der Waals surface area contributed by atoms with Crippen LogP contribution in [0.1, 0.15) is 41.1 Å². The van der Waals surface area contributed by atoms with E-state index in [0.717, 1.165) is 57.7 Å². The fourth-order valence-corrected chi connectivity index (χ4v) is 5.08. The van der Waals surface area contributed by atoms with Crippen LogP contribution in [0.15, 0.2) is 60.9 Å².